The Morgan fingerprint density at radius 2 is 2.09 bits per heavy atom. The smallest absolute Gasteiger partial charge is 0.0994 e. The summed E-state index contributed by atoms with van der Waals surface area (Å²) in [6, 6.07) is 8.15. The number of thiazole rings is 1. The first-order valence-corrected chi connectivity index (χ1v) is 7.90. The molecule has 0 saturated heterocycles. The third-order valence-electron chi connectivity index (χ3n) is 3.81. The van der Waals surface area contributed by atoms with Crippen LogP contribution in [0.2, 0.25) is 0 Å². The van der Waals surface area contributed by atoms with Crippen LogP contribution >= 0.6 is 11.3 Å². The van der Waals surface area contributed by atoms with Crippen LogP contribution in [0.3, 0.4) is 0 Å². The summed E-state index contributed by atoms with van der Waals surface area (Å²) in [5, 5.41) is 13.7. The minimum atomic E-state index is 0.719. The molecule has 5 heteroatoms. The third-order valence-corrected chi connectivity index (χ3v) is 4.57. The highest BCUT2D eigenvalue weighted by atomic mass is 32.1. The van der Waals surface area contributed by atoms with Gasteiger partial charge in [0, 0.05) is 22.3 Å². The molecule has 0 atom stereocenters. The van der Waals surface area contributed by atoms with E-state index in [9.17, 15) is 0 Å². The number of hydrogen-bond donors (Lipinski definition) is 0. The number of benzene rings is 1. The highest BCUT2D eigenvalue weighted by Gasteiger charge is 2.14. The lowest BCUT2D eigenvalue weighted by atomic mass is 9.99. The topological polar surface area (TPSA) is 54.5 Å². The average molecular weight is 308 g/mol. The van der Waals surface area contributed by atoms with Crippen molar-refractivity contribution in [2.75, 3.05) is 0 Å². The molecule has 0 bridgehead atoms. The number of nitrogens with zero attached hydrogens (tertiary/aromatic N) is 4. The Kier molecular flexibility index (Phi) is 3.78. The second kappa shape index (κ2) is 5.74. The van der Waals surface area contributed by atoms with Crippen molar-refractivity contribution in [2.45, 2.75) is 27.3 Å². The van der Waals surface area contributed by atoms with E-state index in [-0.39, 0.29) is 0 Å². The van der Waals surface area contributed by atoms with E-state index in [0.29, 0.717) is 0 Å². The predicted molar refractivity (Wildman–Crippen MR) is 87.8 cm³/mol. The van der Waals surface area contributed by atoms with Gasteiger partial charge in [-0.3, -0.25) is 9.67 Å². The molecule has 0 fully saturated rings. The van der Waals surface area contributed by atoms with Crippen molar-refractivity contribution < 1.29 is 0 Å². The predicted octanol–water partition coefficient (Wildman–Crippen LogP) is 3.85. The summed E-state index contributed by atoms with van der Waals surface area (Å²) >= 11 is 1.64. The average Bonchev–Trinajstić information content (AvgIpc) is 3.08. The molecule has 0 radical (unpaired) electrons. The van der Waals surface area contributed by atoms with Crippen molar-refractivity contribution in [3.63, 3.8) is 0 Å². The van der Waals surface area contributed by atoms with E-state index in [0.717, 1.165) is 40.2 Å². The van der Waals surface area contributed by atoms with Crippen LogP contribution in [0.5, 0.6) is 0 Å². The fourth-order valence-corrected chi connectivity index (χ4v) is 3.26. The summed E-state index contributed by atoms with van der Waals surface area (Å²) in [4.78, 5) is 5.30. The Morgan fingerprint density at radius 1 is 1.27 bits per heavy atom. The Morgan fingerprint density at radius 3 is 2.73 bits per heavy atom. The van der Waals surface area contributed by atoms with Gasteiger partial charge in [0.05, 0.1) is 29.4 Å². The highest BCUT2D eigenvalue weighted by Crippen LogP contribution is 2.29. The van der Waals surface area contributed by atoms with Crippen LogP contribution in [0.15, 0.2) is 29.9 Å². The van der Waals surface area contributed by atoms with Gasteiger partial charge >= 0.3 is 0 Å². The second-order valence-corrected chi connectivity index (χ2v) is 6.28. The molecule has 0 aliphatic carbocycles. The molecule has 3 aromatic rings. The molecular formula is C17H16N4S. The minimum absolute atomic E-state index is 0.719. The van der Waals surface area contributed by atoms with Crippen LogP contribution in [0.25, 0.3) is 11.1 Å². The standard InChI is InChI=1S/C17H16N4S/c1-11-6-14(4-5-15(11)7-18)17-12(2)20-21(13(17)3)9-16-8-19-10-22-16/h4-6,8,10H,9H2,1-3H3. The largest absolute Gasteiger partial charge is 0.264 e. The van der Waals surface area contributed by atoms with Crippen molar-refractivity contribution in [3.8, 4) is 17.2 Å². The van der Waals surface area contributed by atoms with Gasteiger partial charge in [0.2, 0.25) is 0 Å². The molecule has 0 aliphatic rings. The van der Waals surface area contributed by atoms with Crippen LogP contribution < -0.4 is 0 Å². The summed E-state index contributed by atoms with van der Waals surface area (Å²) in [5.74, 6) is 0. The first-order chi connectivity index (χ1) is 10.6. The Hall–Kier alpha value is -2.45. The van der Waals surface area contributed by atoms with Crippen LogP contribution in [0, 0.1) is 32.1 Å². The van der Waals surface area contributed by atoms with E-state index in [4.69, 9.17) is 5.26 Å². The molecule has 1 aromatic carbocycles. The lowest BCUT2D eigenvalue weighted by molar-refractivity contribution is 0.665. The molecule has 0 saturated carbocycles. The summed E-state index contributed by atoms with van der Waals surface area (Å²) in [7, 11) is 0. The van der Waals surface area contributed by atoms with E-state index in [1.165, 1.54) is 4.88 Å². The van der Waals surface area contributed by atoms with E-state index >= 15 is 0 Å². The molecule has 2 aromatic heterocycles. The van der Waals surface area contributed by atoms with Gasteiger partial charge in [-0.05, 0) is 44.0 Å². The summed E-state index contributed by atoms with van der Waals surface area (Å²) in [6.07, 6.45) is 1.88. The van der Waals surface area contributed by atoms with Crippen molar-refractivity contribution in [3.05, 3.63) is 57.3 Å². The lowest BCUT2D eigenvalue weighted by Crippen LogP contribution is -2.02. The van der Waals surface area contributed by atoms with Crippen molar-refractivity contribution in [1.29, 1.82) is 5.26 Å². The van der Waals surface area contributed by atoms with Gasteiger partial charge in [-0.25, -0.2) is 0 Å². The van der Waals surface area contributed by atoms with Crippen molar-refractivity contribution in [2.24, 2.45) is 0 Å². The van der Waals surface area contributed by atoms with Crippen molar-refractivity contribution >= 4 is 11.3 Å². The van der Waals surface area contributed by atoms with Gasteiger partial charge in [-0.15, -0.1) is 11.3 Å². The molecule has 3 rings (SSSR count). The van der Waals surface area contributed by atoms with Crippen LogP contribution in [-0.4, -0.2) is 14.8 Å². The Balaban J connectivity index is 2.03. The lowest BCUT2D eigenvalue weighted by Gasteiger charge is -2.06. The van der Waals surface area contributed by atoms with E-state index < -0.39 is 0 Å². The molecule has 0 N–H and O–H groups in total. The Bertz CT molecular complexity index is 854. The quantitative estimate of drug-likeness (QED) is 0.738. The van der Waals surface area contributed by atoms with Gasteiger partial charge in [0.15, 0.2) is 0 Å². The van der Waals surface area contributed by atoms with Gasteiger partial charge in [0.25, 0.3) is 0 Å². The summed E-state index contributed by atoms with van der Waals surface area (Å²) in [5.41, 5.74) is 7.96. The first-order valence-electron chi connectivity index (χ1n) is 7.02. The first kappa shape index (κ1) is 14.5. The SMILES string of the molecule is Cc1cc(-c2c(C)nn(Cc3cncs3)c2C)ccc1C#N. The fourth-order valence-electron chi connectivity index (χ4n) is 2.68. The summed E-state index contributed by atoms with van der Waals surface area (Å²) < 4.78 is 2.02. The molecule has 22 heavy (non-hydrogen) atoms. The van der Waals surface area contributed by atoms with Gasteiger partial charge in [-0.1, -0.05) is 6.07 Å². The maximum Gasteiger partial charge on any atom is 0.0994 e. The number of rotatable bonds is 3. The third kappa shape index (κ3) is 2.53. The molecular weight excluding hydrogens is 292 g/mol. The minimum Gasteiger partial charge on any atom is -0.264 e. The molecule has 4 nitrogen and oxygen atoms in total. The zero-order chi connectivity index (χ0) is 15.7. The number of nitriles is 1. The van der Waals surface area contributed by atoms with Crippen LogP contribution in [0.4, 0.5) is 0 Å². The van der Waals surface area contributed by atoms with Crippen LogP contribution in [0.1, 0.15) is 27.4 Å². The number of hydrogen-bond acceptors (Lipinski definition) is 4. The maximum atomic E-state index is 9.07. The molecule has 0 aliphatic heterocycles. The van der Waals surface area contributed by atoms with E-state index in [2.05, 4.69) is 29.1 Å². The molecule has 0 spiro atoms. The normalized spacial score (nSPS) is 10.6. The number of aromatic nitrogens is 3. The molecule has 0 unspecified atom stereocenters. The molecule has 0 amide bonds. The van der Waals surface area contributed by atoms with Crippen molar-refractivity contribution in [1.82, 2.24) is 14.8 Å². The highest BCUT2D eigenvalue weighted by molar-refractivity contribution is 7.09. The zero-order valence-corrected chi connectivity index (χ0v) is 13.6. The fraction of sp³-hybridized carbons (Fsp3) is 0.235. The molecule has 110 valence electrons. The van der Waals surface area contributed by atoms with E-state index in [1.807, 2.05) is 42.4 Å². The summed E-state index contributed by atoms with van der Waals surface area (Å²) in [6.45, 7) is 6.82. The van der Waals surface area contributed by atoms with Gasteiger partial charge in [-0.2, -0.15) is 10.4 Å². The zero-order valence-electron chi connectivity index (χ0n) is 12.8. The van der Waals surface area contributed by atoms with Crippen LogP contribution in [-0.2, 0) is 6.54 Å². The van der Waals surface area contributed by atoms with Gasteiger partial charge in [0.1, 0.15) is 0 Å². The van der Waals surface area contributed by atoms with Gasteiger partial charge < -0.3 is 0 Å². The second-order valence-electron chi connectivity index (χ2n) is 5.31. The Labute approximate surface area is 133 Å². The maximum absolute atomic E-state index is 9.07. The molecule has 2 heterocycles. The monoisotopic (exact) mass is 308 g/mol. The van der Waals surface area contributed by atoms with E-state index in [1.54, 1.807) is 11.3 Å². The number of aryl methyl sites for hydroxylation is 2.